The molecule has 1 unspecified atom stereocenters. The van der Waals surface area contributed by atoms with E-state index < -0.39 is 28.7 Å². The number of nitrogens with zero attached hydrogens (tertiary/aromatic N) is 2. The van der Waals surface area contributed by atoms with Gasteiger partial charge in [-0.15, -0.1) is 0 Å². The van der Waals surface area contributed by atoms with Crippen molar-refractivity contribution in [3.05, 3.63) is 30.1 Å². The van der Waals surface area contributed by atoms with E-state index in [0.29, 0.717) is 51.8 Å². The second-order valence-electron chi connectivity index (χ2n) is 7.84. The summed E-state index contributed by atoms with van der Waals surface area (Å²) in [5.41, 5.74) is 0.766. The molecule has 0 amide bonds. The molecule has 170 valence electrons. The van der Waals surface area contributed by atoms with Gasteiger partial charge >= 0.3 is 0 Å². The Kier molecular flexibility index (Phi) is 5.64. The van der Waals surface area contributed by atoms with E-state index in [1.807, 2.05) is 0 Å². The van der Waals surface area contributed by atoms with Gasteiger partial charge in [0.2, 0.25) is 16.6 Å². The van der Waals surface area contributed by atoms with Crippen LogP contribution < -0.4 is 14.2 Å². The Morgan fingerprint density at radius 1 is 1.12 bits per heavy atom. The first-order valence-electron chi connectivity index (χ1n) is 10.1. The number of ketones is 2. The van der Waals surface area contributed by atoms with Crippen LogP contribution in [0.4, 0.5) is 0 Å². The number of hydrogen-bond donors (Lipinski definition) is 1. The fourth-order valence-electron chi connectivity index (χ4n) is 4.08. The summed E-state index contributed by atoms with van der Waals surface area (Å²) in [6, 6.07) is 3.47. The Balaban J connectivity index is 1.82. The minimum Gasteiger partial charge on any atom is -0.493 e. The lowest BCUT2D eigenvalue weighted by Gasteiger charge is -2.30. The number of benzene rings is 1. The molecule has 0 saturated carbocycles. The van der Waals surface area contributed by atoms with Crippen molar-refractivity contribution in [1.82, 2.24) is 15.0 Å². The second-order valence-corrected chi connectivity index (χ2v) is 9.69. The highest BCUT2D eigenvalue weighted by atomic mass is 32.2. The van der Waals surface area contributed by atoms with Gasteiger partial charge in [0, 0.05) is 11.8 Å². The van der Waals surface area contributed by atoms with E-state index in [1.54, 1.807) is 25.3 Å². The van der Waals surface area contributed by atoms with E-state index in [4.69, 9.17) is 14.2 Å². The van der Waals surface area contributed by atoms with E-state index in [9.17, 15) is 14.4 Å². The number of nitrogens with one attached hydrogen (secondary N) is 1. The van der Waals surface area contributed by atoms with Crippen LogP contribution in [0.15, 0.2) is 24.5 Å². The maximum atomic E-state index is 13.4. The summed E-state index contributed by atoms with van der Waals surface area (Å²) < 4.78 is 16.2. The van der Waals surface area contributed by atoms with Gasteiger partial charge in [-0.1, -0.05) is 0 Å². The highest BCUT2D eigenvalue weighted by molar-refractivity contribution is 8.15. The maximum absolute atomic E-state index is 13.4. The van der Waals surface area contributed by atoms with Crippen molar-refractivity contribution < 1.29 is 28.6 Å². The van der Waals surface area contributed by atoms with Crippen molar-refractivity contribution in [2.24, 2.45) is 5.41 Å². The Hall–Kier alpha value is -3.40. The number of hydrogen-bond acceptors (Lipinski definition) is 8. The molecule has 10 heteroatoms. The summed E-state index contributed by atoms with van der Waals surface area (Å²) in [5.74, 6) is 1.00. The largest absolute Gasteiger partial charge is 0.493 e. The number of aromatic nitrogens is 3. The lowest BCUT2D eigenvalue weighted by atomic mass is 9.76. The van der Waals surface area contributed by atoms with Crippen LogP contribution in [-0.2, 0) is 9.59 Å². The number of aromatic amines is 1. The molecule has 4 rings (SSSR count). The Labute approximate surface area is 187 Å². The van der Waals surface area contributed by atoms with Crippen molar-refractivity contribution in [1.29, 1.82) is 0 Å². The predicted molar refractivity (Wildman–Crippen MR) is 124 cm³/mol. The third-order valence-electron chi connectivity index (χ3n) is 5.92. The normalized spacial score (nSPS) is 18.9. The number of H-pyrrole nitrogens is 1. The fraction of sp³-hybridized carbons (Fsp3) is 0.318. The van der Waals surface area contributed by atoms with Gasteiger partial charge in [0.25, 0.3) is 0 Å². The van der Waals surface area contributed by atoms with Gasteiger partial charge in [-0.25, -0.2) is 9.97 Å². The first-order chi connectivity index (χ1) is 15.3. The van der Waals surface area contributed by atoms with Crippen LogP contribution in [0.5, 0.6) is 17.2 Å². The number of fused-ring (bicyclic) bond motifs is 1. The van der Waals surface area contributed by atoms with Crippen LogP contribution in [0.1, 0.15) is 23.7 Å². The number of carbonyl (C=O) groups excluding carboxylic acids is 3. The van der Waals surface area contributed by atoms with E-state index >= 15 is 0 Å². The van der Waals surface area contributed by atoms with Crippen molar-refractivity contribution in [3.8, 4) is 28.5 Å². The van der Waals surface area contributed by atoms with Gasteiger partial charge < -0.3 is 19.2 Å². The van der Waals surface area contributed by atoms with Gasteiger partial charge in [0.05, 0.1) is 44.2 Å². The van der Waals surface area contributed by atoms with Crippen LogP contribution in [0.25, 0.3) is 22.4 Å². The quantitative estimate of drug-likeness (QED) is 0.338. The summed E-state index contributed by atoms with van der Waals surface area (Å²) >= 11 is -1.09. The van der Waals surface area contributed by atoms with E-state index in [-0.39, 0.29) is 10.7 Å². The predicted octanol–water partition coefficient (Wildman–Crippen LogP) is 2.00. The van der Waals surface area contributed by atoms with Crippen molar-refractivity contribution in [3.63, 3.8) is 0 Å². The van der Waals surface area contributed by atoms with Gasteiger partial charge in [-0.2, -0.15) is 0 Å². The SMILES string of the molecule is COc1cc(-c2cnc3[nH]cc(C(=O)C4(C)CC[SH4]C(=O)C4=O)c3n2)cc(OC)c1OC. The van der Waals surface area contributed by atoms with Crippen molar-refractivity contribution in [2.45, 2.75) is 13.3 Å². The van der Waals surface area contributed by atoms with Crippen LogP contribution in [0, 0.1) is 5.41 Å². The Bertz CT molecular complexity index is 1230. The van der Waals surface area contributed by atoms with Crippen LogP contribution in [0.3, 0.4) is 0 Å². The molecule has 1 fully saturated rings. The van der Waals surface area contributed by atoms with Gasteiger partial charge in [-0.3, -0.25) is 26.1 Å². The average Bonchev–Trinajstić information content (AvgIpc) is 3.24. The molecule has 0 bridgehead atoms. The zero-order chi connectivity index (χ0) is 23.0. The molecule has 0 aliphatic carbocycles. The monoisotopic (exact) mass is 459 g/mol. The molecule has 1 N–H and O–H groups in total. The molecule has 1 saturated heterocycles. The van der Waals surface area contributed by atoms with Crippen LogP contribution in [-0.4, -0.2) is 58.7 Å². The molecule has 0 radical (unpaired) electrons. The second kappa shape index (κ2) is 8.27. The average molecular weight is 460 g/mol. The molecule has 3 aromatic rings. The molecule has 1 aliphatic heterocycles. The molecule has 1 atom stereocenters. The molecule has 1 aromatic carbocycles. The zero-order valence-electron chi connectivity index (χ0n) is 18.3. The summed E-state index contributed by atoms with van der Waals surface area (Å²) in [6.07, 6.45) is 3.45. The molecular formula is C22H25N3O6S. The van der Waals surface area contributed by atoms with Gasteiger partial charge in [0.15, 0.2) is 22.9 Å². The minimum absolute atomic E-state index is 0.244. The zero-order valence-corrected chi connectivity index (χ0v) is 19.7. The first kappa shape index (κ1) is 21.8. The highest BCUT2D eigenvalue weighted by Crippen LogP contribution is 2.41. The number of rotatable bonds is 6. The van der Waals surface area contributed by atoms with Crippen molar-refractivity contribution >= 4 is 39.6 Å². The molecule has 0 spiro atoms. The molecule has 3 heterocycles. The fourth-order valence-corrected chi connectivity index (χ4v) is 5.91. The van der Waals surface area contributed by atoms with E-state index in [2.05, 4.69) is 15.0 Å². The van der Waals surface area contributed by atoms with Crippen LogP contribution >= 0.6 is 11.8 Å². The lowest BCUT2D eigenvalue weighted by molar-refractivity contribution is -0.136. The highest BCUT2D eigenvalue weighted by Gasteiger charge is 2.46. The molecular weight excluding hydrogens is 434 g/mol. The summed E-state index contributed by atoms with van der Waals surface area (Å²) in [5, 5.41) is -0.365. The Morgan fingerprint density at radius 3 is 2.44 bits per heavy atom. The molecule has 9 nitrogen and oxygen atoms in total. The standard InChI is InChI=1S/C22H25N3O6S/c1-22(5-6-32-21(28)19(22)27)18(26)12-9-23-20-16(12)25-13(10-24-20)11-7-14(29-2)17(31-4)15(8-11)30-3/h7-10H,5-6H2,1-4H3,32H4,(H,23,24). The van der Waals surface area contributed by atoms with Gasteiger partial charge in [0.1, 0.15) is 5.52 Å². The topological polar surface area (TPSA) is 120 Å². The lowest BCUT2D eigenvalue weighted by Crippen LogP contribution is -2.43. The molecule has 32 heavy (non-hydrogen) atoms. The number of Topliss-reactive ketones (excluding diaryl/α,β-unsaturated/α-hetero) is 2. The van der Waals surface area contributed by atoms with E-state index in [1.165, 1.54) is 27.5 Å². The summed E-state index contributed by atoms with van der Waals surface area (Å²) in [6.45, 7) is 1.55. The van der Waals surface area contributed by atoms with Crippen LogP contribution in [0.2, 0.25) is 0 Å². The molecule has 1 aliphatic rings. The van der Waals surface area contributed by atoms with E-state index in [0.717, 1.165) is 0 Å². The maximum Gasteiger partial charge on any atom is 0.219 e. The molecule has 2 aromatic heterocycles. The minimum atomic E-state index is -1.36. The number of methoxy groups -OCH3 is 3. The first-order valence-corrected chi connectivity index (χ1v) is 11.8. The van der Waals surface area contributed by atoms with Gasteiger partial charge in [-0.05, 0) is 31.2 Å². The van der Waals surface area contributed by atoms with Crippen molar-refractivity contribution in [2.75, 3.05) is 27.1 Å². The summed E-state index contributed by atoms with van der Waals surface area (Å²) in [7, 11) is 4.56. The number of carbonyl (C=O) groups is 3. The third kappa shape index (κ3) is 3.40. The smallest absolute Gasteiger partial charge is 0.219 e. The third-order valence-corrected chi connectivity index (χ3v) is 7.40. The Morgan fingerprint density at radius 2 is 1.81 bits per heavy atom. The number of ether oxygens (including phenoxy) is 3. The summed E-state index contributed by atoms with van der Waals surface area (Å²) in [4.78, 5) is 50.0.